The molecular weight excluding hydrogens is 248 g/mol. The fraction of sp³-hybridized carbons (Fsp3) is 0.471. The number of carbonyl (C=O) groups excluding carboxylic acids is 1. The van der Waals surface area contributed by atoms with Crippen molar-refractivity contribution in [2.45, 2.75) is 39.2 Å². The summed E-state index contributed by atoms with van der Waals surface area (Å²) >= 11 is 0. The molecule has 0 aromatic heterocycles. The highest BCUT2D eigenvalue weighted by molar-refractivity contribution is 5.97. The van der Waals surface area contributed by atoms with E-state index in [0.29, 0.717) is 24.1 Å². The van der Waals surface area contributed by atoms with Crippen LogP contribution in [-0.2, 0) is 0 Å². The molecule has 3 heteroatoms. The number of hydrogen-bond donors (Lipinski definition) is 2. The lowest BCUT2D eigenvalue weighted by Gasteiger charge is -2.08. The van der Waals surface area contributed by atoms with Crippen molar-refractivity contribution < 1.29 is 4.79 Å². The second kappa shape index (κ2) is 6.58. The highest BCUT2D eigenvalue weighted by Gasteiger charge is 2.37. The first-order valence-corrected chi connectivity index (χ1v) is 7.26. The largest absolute Gasteiger partial charge is 0.349 e. The fourth-order valence-electron chi connectivity index (χ4n) is 2.46. The Kier molecular flexibility index (Phi) is 4.81. The van der Waals surface area contributed by atoms with Crippen molar-refractivity contribution in [3.05, 3.63) is 34.9 Å². The molecule has 3 N–H and O–H groups in total. The maximum Gasteiger partial charge on any atom is 0.252 e. The molecule has 0 aliphatic heterocycles. The van der Waals surface area contributed by atoms with Gasteiger partial charge >= 0.3 is 0 Å². The second-order valence-corrected chi connectivity index (χ2v) is 5.42. The van der Waals surface area contributed by atoms with Gasteiger partial charge < -0.3 is 11.1 Å². The predicted octanol–water partition coefficient (Wildman–Crippen LogP) is 2.22. The quantitative estimate of drug-likeness (QED) is 0.824. The summed E-state index contributed by atoms with van der Waals surface area (Å²) in [6, 6.07) is 6.10. The van der Waals surface area contributed by atoms with Crippen LogP contribution in [0.5, 0.6) is 0 Å². The van der Waals surface area contributed by atoms with E-state index in [4.69, 9.17) is 5.73 Å². The maximum absolute atomic E-state index is 12.4. The first kappa shape index (κ1) is 14.6. The first-order chi connectivity index (χ1) is 9.65. The Bertz CT molecular complexity index is 554. The normalized spacial score (nSPS) is 19.9. The van der Waals surface area contributed by atoms with Crippen molar-refractivity contribution >= 4 is 5.91 Å². The Morgan fingerprint density at radius 1 is 1.50 bits per heavy atom. The molecule has 0 saturated heterocycles. The van der Waals surface area contributed by atoms with Crippen LogP contribution in [-0.4, -0.2) is 18.5 Å². The third-order valence-electron chi connectivity index (χ3n) is 3.64. The van der Waals surface area contributed by atoms with Crippen LogP contribution in [0.15, 0.2) is 18.2 Å². The van der Waals surface area contributed by atoms with Gasteiger partial charge in [0.15, 0.2) is 0 Å². The van der Waals surface area contributed by atoms with E-state index in [0.717, 1.165) is 17.5 Å². The fourth-order valence-corrected chi connectivity index (χ4v) is 2.46. The summed E-state index contributed by atoms with van der Waals surface area (Å²) in [4.78, 5) is 12.4. The van der Waals surface area contributed by atoms with Gasteiger partial charge in [0, 0.05) is 11.6 Å². The number of rotatable bonds is 4. The molecule has 0 spiro atoms. The van der Waals surface area contributed by atoms with E-state index in [1.807, 2.05) is 25.1 Å². The van der Waals surface area contributed by atoms with E-state index in [2.05, 4.69) is 24.1 Å². The molecule has 1 fully saturated rings. The lowest BCUT2D eigenvalue weighted by atomic mass is 10.0. The molecule has 0 heterocycles. The summed E-state index contributed by atoms with van der Waals surface area (Å²) in [5, 5.41) is 3.11. The topological polar surface area (TPSA) is 55.1 Å². The van der Waals surface area contributed by atoms with Crippen LogP contribution in [0.25, 0.3) is 0 Å². The summed E-state index contributed by atoms with van der Waals surface area (Å²) in [5.74, 6) is 6.43. The lowest BCUT2D eigenvalue weighted by molar-refractivity contribution is 0.0948. The van der Waals surface area contributed by atoms with E-state index < -0.39 is 0 Å². The minimum absolute atomic E-state index is 0.0152. The Hall–Kier alpha value is -1.79. The van der Waals surface area contributed by atoms with Gasteiger partial charge in [-0.2, -0.15) is 0 Å². The summed E-state index contributed by atoms with van der Waals surface area (Å²) in [6.07, 6.45) is 3.47. The van der Waals surface area contributed by atoms with Gasteiger partial charge in [0.1, 0.15) is 0 Å². The van der Waals surface area contributed by atoms with Crippen molar-refractivity contribution in [2.24, 2.45) is 11.7 Å². The van der Waals surface area contributed by atoms with Crippen LogP contribution in [0.1, 0.15) is 47.7 Å². The van der Waals surface area contributed by atoms with Crippen LogP contribution in [0.3, 0.4) is 0 Å². The molecule has 106 valence electrons. The lowest BCUT2D eigenvalue weighted by Crippen LogP contribution is -2.27. The zero-order chi connectivity index (χ0) is 14.5. The molecule has 0 bridgehead atoms. The zero-order valence-corrected chi connectivity index (χ0v) is 12.2. The minimum Gasteiger partial charge on any atom is -0.349 e. The Balaban J connectivity index is 2.10. The van der Waals surface area contributed by atoms with Crippen LogP contribution in [0, 0.1) is 24.7 Å². The average Bonchev–Trinajstić information content (AvgIpc) is 3.15. The summed E-state index contributed by atoms with van der Waals surface area (Å²) in [7, 11) is 0. The van der Waals surface area contributed by atoms with Crippen LogP contribution >= 0.6 is 0 Å². The molecule has 1 aliphatic carbocycles. The van der Waals surface area contributed by atoms with Gasteiger partial charge in [0.2, 0.25) is 0 Å². The molecule has 0 radical (unpaired) electrons. The number of nitrogens with two attached hydrogens (primary N) is 1. The Morgan fingerprint density at radius 3 is 3.00 bits per heavy atom. The first-order valence-electron chi connectivity index (χ1n) is 7.26. The molecule has 1 amide bonds. The SMILES string of the molecule is CCCC1CC1NC(=O)c1cc(C)ccc1C#CCN. The van der Waals surface area contributed by atoms with Crippen LogP contribution in [0.2, 0.25) is 0 Å². The van der Waals surface area contributed by atoms with Gasteiger partial charge in [0.05, 0.1) is 12.1 Å². The summed E-state index contributed by atoms with van der Waals surface area (Å²) in [5.41, 5.74) is 7.88. The molecular formula is C17H22N2O. The molecule has 3 nitrogen and oxygen atoms in total. The molecule has 1 aliphatic rings. The van der Waals surface area contributed by atoms with Gasteiger partial charge in [-0.3, -0.25) is 4.79 Å². The van der Waals surface area contributed by atoms with Gasteiger partial charge in [0.25, 0.3) is 5.91 Å². The van der Waals surface area contributed by atoms with E-state index in [1.165, 1.54) is 12.8 Å². The van der Waals surface area contributed by atoms with Gasteiger partial charge in [-0.05, 0) is 37.8 Å². The highest BCUT2D eigenvalue weighted by Crippen LogP contribution is 2.34. The smallest absolute Gasteiger partial charge is 0.252 e. The van der Waals surface area contributed by atoms with Crippen molar-refractivity contribution in [1.29, 1.82) is 0 Å². The Morgan fingerprint density at radius 2 is 2.30 bits per heavy atom. The number of aryl methyl sites for hydroxylation is 1. The number of benzene rings is 1. The molecule has 2 rings (SSSR count). The van der Waals surface area contributed by atoms with Crippen LogP contribution < -0.4 is 11.1 Å². The summed E-state index contributed by atoms with van der Waals surface area (Å²) < 4.78 is 0. The molecule has 1 aromatic carbocycles. The molecule has 2 unspecified atom stereocenters. The average molecular weight is 270 g/mol. The predicted molar refractivity (Wildman–Crippen MR) is 81.4 cm³/mol. The van der Waals surface area contributed by atoms with Crippen molar-refractivity contribution in [1.82, 2.24) is 5.32 Å². The van der Waals surface area contributed by atoms with E-state index in [9.17, 15) is 4.79 Å². The van der Waals surface area contributed by atoms with Gasteiger partial charge in [-0.1, -0.05) is 36.8 Å². The Labute approximate surface area is 120 Å². The second-order valence-electron chi connectivity index (χ2n) is 5.42. The van der Waals surface area contributed by atoms with Crippen molar-refractivity contribution in [2.75, 3.05) is 6.54 Å². The standard InChI is InChI=1S/C17H22N2O/c1-3-5-14-11-16(14)19-17(20)15-10-12(2)7-8-13(15)6-4-9-18/h7-8,10,14,16H,3,5,9,11,18H2,1-2H3,(H,19,20). The minimum atomic E-state index is -0.0152. The number of carbonyl (C=O) groups is 1. The van der Waals surface area contributed by atoms with Crippen molar-refractivity contribution in [3.8, 4) is 11.8 Å². The number of nitrogens with one attached hydrogen (secondary N) is 1. The third kappa shape index (κ3) is 3.61. The number of hydrogen-bond acceptors (Lipinski definition) is 2. The maximum atomic E-state index is 12.4. The van der Waals surface area contributed by atoms with Crippen LogP contribution in [0.4, 0.5) is 0 Å². The molecule has 2 atom stereocenters. The molecule has 1 saturated carbocycles. The van der Waals surface area contributed by atoms with Gasteiger partial charge in [-0.15, -0.1) is 0 Å². The zero-order valence-electron chi connectivity index (χ0n) is 12.2. The highest BCUT2D eigenvalue weighted by atomic mass is 16.1. The van der Waals surface area contributed by atoms with Crippen molar-refractivity contribution in [3.63, 3.8) is 0 Å². The number of amides is 1. The van der Waals surface area contributed by atoms with E-state index in [1.54, 1.807) is 0 Å². The van der Waals surface area contributed by atoms with E-state index >= 15 is 0 Å². The van der Waals surface area contributed by atoms with Gasteiger partial charge in [-0.25, -0.2) is 0 Å². The van der Waals surface area contributed by atoms with E-state index in [-0.39, 0.29) is 5.91 Å². The monoisotopic (exact) mass is 270 g/mol. The molecule has 20 heavy (non-hydrogen) atoms. The molecule has 1 aromatic rings. The third-order valence-corrected chi connectivity index (χ3v) is 3.64. The summed E-state index contributed by atoms with van der Waals surface area (Å²) in [6.45, 7) is 4.46.